The molecule has 0 bridgehead atoms. The molecule has 3 N–H and O–H groups in total. The number of nitrogens with zero attached hydrogens (tertiary/aromatic N) is 4. The van der Waals surface area contributed by atoms with Crippen molar-refractivity contribution >= 4 is 29.9 Å². The zero-order valence-corrected chi connectivity index (χ0v) is 19.2. The molecule has 0 spiro atoms. The monoisotopic (exact) mass is 490 g/mol. The second-order valence-electron chi connectivity index (χ2n) is 7.97. The Kier molecular flexibility index (Phi) is 8.33. The lowest BCUT2D eigenvalue weighted by Crippen LogP contribution is -2.48. The summed E-state index contributed by atoms with van der Waals surface area (Å²) in [5.41, 5.74) is -0.109. The molecule has 7 nitrogen and oxygen atoms in total. The van der Waals surface area contributed by atoms with Crippen molar-refractivity contribution in [3.8, 4) is 0 Å². The third-order valence-electron chi connectivity index (χ3n) is 5.78. The van der Waals surface area contributed by atoms with E-state index < -0.39 is 0 Å². The van der Waals surface area contributed by atoms with Gasteiger partial charge in [-0.2, -0.15) is 5.10 Å². The van der Waals surface area contributed by atoms with E-state index in [1.165, 1.54) is 6.42 Å². The van der Waals surface area contributed by atoms with Crippen molar-refractivity contribution < 1.29 is 5.11 Å². The first-order chi connectivity index (χ1) is 12.5. The van der Waals surface area contributed by atoms with Crippen LogP contribution in [0.15, 0.2) is 4.99 Å². The highest BCUT2D eigenvalue weighted by Crippen LogP contribution is 2.36. The second kappa shape index (κ2) is 10.0. The lowest BCUT2D eigenvalue weighted by atomic mass is 9.73. The quantitative estimate of drug-likeness (QED) is 0.335. The van der Waals surface area contributed by atoms with Gasteiger partial charge in [-0.15, -0.1) is 24.0 Å². The number of aromatic nitrogens is 3. The first-order valence-corrected chi connectivity index (χ1v) is 10.2. The number of hydrogen-bond donors (Lipinski definition) is 3. The maximum atomic E-state index is 10.4. The predicted octanol–water partition coefficient (Wildman–Crippen LogP) is 2.27. The standard InChI is InChI=1S/C19H34N6O.HI/c1-4-16-23-17-10-9-14(12-25(17)24-16)22-18(20-5-2)21-13-19(3)11-7-6-8-15(19)26;/h14-15,26H,4-13H2,1-3H3,(H2,20,21,22);1H. The molecule has 1 aromatic heterocycles. The second-order valence-corrected chi connectivity index (χ2v) is 7.97. The van der Waals surface area contributed by atoms with Gasteiger partial charge in [-0.25, -0.2) is 9.67 Å². The molecular weight excluding hydrogens is 455 g/mol. The van der Waals surface area contributed by atoms with Crippen molar-refractivity contribution in [1.29, 1.82) is 0 Å². The first kappa shape index (κ1) is 22.4. The lowest BCUT2D eigenvalue weighted by molar-refractivity contribution is 0.00715. The third-order valence-corrected chi connectivity index (χ3v) is 5.78. The molecule has 3 unspecified atom stereocenters. The molecule has 0 radical (unpaired) electrons. The Hall–Kier alpha value is -0.900. The molecule has 0 aromatic carbocycles. The molecule has 2 aliphatic rings. The highest BCUT2D eigenvalue weighted by molar-refractivity contribution is 14.0. The van der Waals surface area contributed by atoms with Crippen molar-refractivity contribution in [1.82, 2.24) is 25.4 Å². The third kappa shape index (κ3) is 5.56. The average molecular weight is 490 g/mol. The van der Waals surface area contributed by atoms with Gasteiger partial charge in [0.1, 0.15) is 5.82 Å². The van der Waals surface area contributed by atoms with Crippen molar-refractivity contribution in [2.75, 3.05) is 13.1 Å². The number of aliphatic hydroxyl groups excluding tert-OH is 1. The van der Waals surface area contributed by atoms with Crippen molar-refractivity contribution in [3.05, 3.63) is 11.6 Å². The molecule has 1 fully saturated rings. The number of aliphatic imine (C=N–C) groups is 1. The van der Waals surface area contributed by atoms with Crippen LogP contribution in [0.1, 0.15) is 64.5 Å². The number of aliphatic hydroxyl groups is 1. The van der Waals surface area contributed by atoms with E-state index in [1.54, 1.807) is 0 Å². The molecule has 0 amide bonds. The molecule has 3 atom stereocenters. The fraction of sp³-hybridized carbons (Fsp3) is 0.842. The normalized spacial score (nSPS) is 28.2. The highest BCUT2D eigenvalue weighted by atomic mass is 127. The van der Waals surface area contributed by atoms with Crippen LogP contribution in [0, 0.1) is 5.41 Å². The van der Waals surface area contributed by atoms with Gasteiger partial charge in [-0.3, -0.25) is 4.99 Å². The largest absolute Gasteiger partial charge is 0.392 e. The van der Waals surface area contributed by atoms with Crippen molar-refractivity contribution in [2.24, 2.45) is 10.4 Å². The molecule has 3 rings (SSSR count). The maximum absolute atomic E-state index is 10.4. The SMILES string of the molecule is CCNC(=NCC1(C)CCCCC1O)NC1CCc2nc(CC)nn2C1.I. The van der Waals surface area contributed by atoms with Gasteiger partial charge in [0.25, 0.3) is 0 Å². The van der Waals surface area contributed by atoms with Crippen LogP contribution in [0.2, 0.25) is 0 Å². The van der Waals surface area contributed by atoms with Gasteiger partial charge in [-0.05, 0) is 26.2 Å². The van der Waals surface area contributed by atoms with Crippen molar-refractivity contribution in [3.63, 3.8) is 0 Å². The summed E-state index contributed by atoms with van der Waals surface area (Å²) in [7, 11) is 0. The van der Waals surface area contributed by atoms with E-state index in [2.05, 4.69) is 41.5 Å². The average Bonchev–Trinajstić information content (AvgIpc) is 3.05. The summed E-state index contributed by atoms with van der Waals surface area (Å²) in [6.45, 7) is 8.65. The molecule has 8 heteroatoms. The van der Waals surface area contributed by atoms with E-state index in [0.29, 0.717) is 12.6 Å². The number of hydrogen-bond acceptors (Lipinski definition) is 4. The molecular formula is C19H35IN6O. The van der Waals surface area contributed by atoms with Gasteiger partial charge < -0.3 is 15.7 Å². The van der Waals surface area contributed by atoms with Crippen LogP contribution in [-0.4, -0.2) is 51.1 Å². The molecule has 1 aromatic rings. The van der Waals surface area contributed by atoms with Gasteiger partial charge in [0.15, 0.2) is 11.8 Å². The number of aryl methyl sites for hydroxylation is 2. The van der Waals surface area contributed by atoms with Gasteiger partial charge in [0, 0.05) is 30.8 Å². The number of halogens is 1. The summed E-state index contributed by atoms with van der Waals surface area (Å²) >= 11 is 0. The fourth-order valence-electron chi connectivity index (χ4n) is 3.97. The molecule has 1 saturated carbocycles. The van der Waals surface area contributed by atoms with Crippen LogP contribution < -0.4 is 10.6 Å². The first-order valence-electron chi connectivity index (χ1n) is 10.2. The van der Waals surface area contributed by atoms with Crippen LogP contribution in [0.5, 0.6) is 0 Å². The minimum atomic E-state index is -0.247. The van der Waals surface area contributed by atoms with Gasteiger partial charge in [0.2, 0.25) is 0 Å². The topological polar surface area (TPSA) is 87.4 Å². The number of guanidine groups is 1. The number of rotatable bonds is 5. The van der Waals surface area contributed by atoms with Crippen LogP contribution in [0.3, 0.4) is 0 Å². The Bertz CT molecular complexity index is 634. The van der Waals surface area contributed by atoms with E-state index >= 15 is 0 Å². The molecule has 1 aliphatic carbocycles. The Labute approximate surface area is 179 Å². The summed E-state index contributed by atoms with van der Waals surface area (Å²) < 4.78 is 2.04. The molecule has 2 heterocycles. The van der Waals surface area contributed by atoms with Gasteiger partial charge >= 0.3 is 0 Å². The number of nitrogens with one attached hydrogen (secondary N) is 2. The fourth-order valence-corrected chi connectivity index (χ4v) is 3.97. The van der Waals surface area contributed by atoms with Crippen LogP contribution in [0.25, 0.3) is 0 Å². The molecule has 154 valence electrons. The summed E-state index contributed by atoms with van der Waals surface area (Å²) in [4.78, 5) is 9.40. The van der Waals surface area contributed by atoms with Crippen LogP contribution >= 0.6 is 24.0 Å². The Morgan fingerprint density at radius 1 is 1.33 bits per heavy atom. The lowest BCUT2D eigenvalue weighted by Gasteiger charge is -2.37. The maximum Gasteiger partial charge on any atom is 0.191 e. The minimum Gasteiger partial charge on any atom is -0.392 e. The van der Waals surface area contributed by atoms with E-state index in [1.807, 2.05) is 4.68 Å². The highest BCUT2D eigenvalue weighted by Gasteiger charge is 2.35. The summed E-state index contributed by atoms with van der Waals surface area (Å²) in [5, 5.41) is 21.9. The Morgan fingerprint density at radius 2 is 2.15 bits per heavy atom. The van der Waals surface area contributed by atoms with Gasteiger partial charge in [-0.1, -0.05) is 26.7 Å². The van der Waals surface area contributed by atoms with E-state index in [0.717, 1.165) is 69.2 Å². The van der Waals surface area contributed by atoms with Crippen molar-refractivity contribution in [2.45, 2.75) is 84.4 Å². The summed E-state index contributed by atoms with van der Waals surface area (Å²) in [6.07, 6.45) is 6.86. The van der Waals surface area contributed by atoms with Gasteiger partial charge in [0.05, 0.1) is 19.2 Å². The smallest absolute Gasteiger partial charge is 0.191 e. The molecule has 0 saturated heterocycles. The zero-order chi connectivity index (χ0) is 18.6. The molecule has 1 aliphatic heterocycles. The Morgan fingerprint density at radius 3 is 2.85 bits per heavy atom. The van der Waals surface area contributed by atoms with E-state index in [-0.39, 0.29) is 35.5 Å². The Balaban J connectivity index is 0.00000261. The summed E-state index contributed by atoms with van der Waals surface area (Å²) in [5.74, 6) is 2.87. The minimum absolute atomic E-state index is 0. The van der Waals surface area contributed by atoms with Crippen LogP contribution in [0.4, 0.5) is 0 Å². The van der Waals surface area contributed by atoms with E-state index in [9.17, 15) is 5.11 Å². The molecule has 27 heavy (non-hydrogen) atoms. The number of fused-ring (bicyclic) bond motifs is 1. The van der Waals surface area contributed by atoms with Crippen LogP contribution in [-0.2, 0) is 19.4 Å². The predicted molar refractivity (Wildman–Crippen MR) is 119 cm³/mol. The van der Waals surface area contributed by atoms with E-state index in [4.69, 9.17) is 4.99 Å². The summed E-state index contributed by atoms with van der Waals surface area (Å²) in [6, 6.07) is 0.302. The zero-order valence-electron chi connectivity index (χ0n) is 16.9.